The highest BCUT2D eigenvalue weighted by molar-refractivity contribution is 7.10. The average Bonchev–Trinajstić information content (AvgIpc) is 2.88. The quantitative estimate of drug-likeness (QED) is 0.843. The minimum absolute atomic E-state index is 0.133. The zero-order valence-corrected chi connectivity index (χ0v) is 10.3. The molecule has 2 atom stereocenters. The second-order valence-electron chi connectivity index (χ2n) is 4.30. The van der Waals surface area contributed by atoms with Gasteiger partial charge in [0, 0.05) is 17.3 Å². The standard InChI is InChI=1S/C12H18N2OS/c1-9(11-5-3-7-16-11)14-12(15)8-10-4-2-6-13-10/h3,5,7,9-10,13H,2,4,6,8H2,1H3,(H,14,15). The topological polar surface area (TPSA) is 41.1 Å². The molecular weight excluding hydrogens is 220 g/mol. The van der Waals surface area contributed by atoms with Gasteiger partial charge in [0.05, 0.1) is 6.04 Å². The molecular formula is C12H18N2OS. The molecule has 0 saturated carbocycles. The number of hydrogen-bond donors (Lipinski definition) is 2. The van der Waals surface area contributed by atoms with E-state index in [1.54, 1.807) is 11.3 Å². The number of rotatable bonds is 4. The summed E-state index contributed by atoms with van der Waals surface area (Å²) in [4.78, 5) is 13.0. The summed E-state index contributed by atoms with van der Waals surface area (Å²) in [5.74, 6) is 0.153. The summed E-state index contributed by atoms with van der Waals surface area (Å²) >= 11 is 1.69. The molecule has 88 valence electrons. The molecule has 0 radical (unpaired) electrons. The summed E-state index contributed by atoms with van der Waals surface area (Å²) in [7, 11) is 0. The Kier molecular flexibility index (Phi) is 3.96. The summed E-state index contributed by atoms with van der Waals surface area (Å²) < 4.78 is 0. The van der Waals surface area contributed by atoms with Crippen molar-refractivity contribution in [1.29, 1.82) is 0 Å². The van der Waals surface area contributed by atoms with Gasteiger partial charge in [-0.1, -0.05) is 6.07 Å². The van der Waals surface area contributed by atoms with Crippen molar-refractivity contribution in [2.45, 2.75) is 38.3 Å². The van der Waals surface area contributed by atoms with E-state index < -0.39 is 0 Å². The Balaban J connectivity index is 1.78. The van der Waals surface area contributed by atoms with Crippen LogP contribution < -0.4 is 10.6 Å². The molecule has 1 amide bonds. The third kappa shape index (κ3) is 3.06. The Morgan fingerprint density at radius 3 is 3.25 bits per heavy atom. The van der Waals surface area contributed by atoms with Crippen LogP contribution in [0.25, 0.3) is 0 Å². The molecule has 1 saturated heterocycles. The van der Waals surface area contributed by atoms with Crippen LogP contribution in [0.5, 0.6) is 0 Å². The van der Waals surface area contributed by atoms with E-state index in [9.17, 15) is 4.79 Å². The number of nitrogens with one attached hydrogen (secondary N) is 2. The summed E-state index contributed by atoms with van der Waals surface area (Å²) in [6.07, 6.45) is 2.93. The van der Waals surface area contributed by atoms with Crippen LogP contribution in [0.3, 0.4) is 0 Å². The van der Waals surface area contributed by atoms with Gasteiger partial charge in [-0.15, -0.1) is 11.3 Å². The minimum Gasteiger partial charge on any atom is -0.349 e. The van der Waals surface area contributed by atoms with E-state index in [0.717, 1.165) is 13.0 Å². The lowest BCUT2D eigenvalue weighted by molar-refractivity contribution is -0.122. The zero-order chi connectivity index (χ0) is 11.4. The van der Waals surface area contributed by atoms with Crippen LogP contribution in [0, 0.1) is 0 Å². The Morgan fingerprint density at radius 2 is 2.62 bits per heavy atom. The third-order valence-corrected chi connectivity index (χ3v) is 4.00. The van der Waals surface area contributed by atoms with Gasteiger partial charge in [0.1, 0.15) is 0 Å². The Morgan fingerprint density at radius 1 is 1.75 bits per heavy atom. The first-order valence-electron chi connectivity index (χ1n) is 5.82. The van der Waals surface area contributed by atoms with Gasteiger partial charge in [-0.3, -0.25) is 4.79 Å². The fraction of sp³-hybridized carbons (Fsp3) is 0.583. The molecule has 0 aromatic carbocycles. The molecule has 2 unspecified atom stereocenters. The molecule has 0 bridgehead atoms. The van der Waals surface area contributed by atoms with Crippen LogP contribution in [0.4, 0.5) is 0 Å². The van der Waals surface area contributed by atoms with Crippen LogP contribution in [-0.2, 0) is 4.79 Å². The maximum atomic E-state index is 11.8. The molecule has 2 N–H and O–H groups in total. The lowest BCUT2D eigenvalue weighted by Crippen LogP contribution is -2.33. The van der Waals surface area contributed by atoms with Crippen LogP contribution in [0.2, 0.25) is 0 Å². The normalized spacial score (nSPS) is 21.9. The van der Waals surface area contributed by atoms with Gasteiger partial charge in [0.15, 0.2) is 0 Å². The van der Waals surface area contributed by atoms with Crippen molar-refractivity contribution in [3.05, 3.63) is 22.4 Å². The number of carbonyl (C=O) groups is 1. The summed E-state index contributed by atoms with van der Waals surface area (Å²) in [6.45, 7) is 3.09. The fourth-order valence-corrected chi connectivity index (χ4v) is 2.80. The van der Waals surface area contributed by atoms with E-state index >= 15 is 0 Å². The summed E-state index contributed by atoms with van der Waals surface area (Å²) in [5, 5.41) is 8.42. The Labute approximate surface area is 100 Å². The largest absolute Gasteiger partial charge is 0.349 e. The molecule has 4 heteroatoms. The zero-order valence-electron chi connectivity index (χ0n) is 9.53. The highest BCUT2D eigenvalue weighted by atomic mass is 32.1. The number of thiophene rings is 1. The van der Waals surface area contributed by atoms with Crippen molar-refractivity contribution in [2.24, 2.45) is 0 Å². The third-order valence-electron chi connectivity index (χ3n) is 2.94. The number of hydrogen-bond acceptors (Lipinski definition) is 3. The maximum absolute atomic E-state index is 11.8. The van der Waals surface area contributed by atoms with Crippen LogP contribution in [0.15, 0.2) is 17.5 Å². The number of carbonyl (C=O) groups excluding carboxylic acids is 1. The lowest BCUT2D eigenvalue weighted by atomic mass is 10.1. The van der Waals surface area contributed by atoms with Gasteiger partial charge < -0.3 is 10.6 Å². The molecule has 16 heavy (non-hydrogen) atoms. The second-order valence-corrected chi connectivity index (χ2v) is 5.28. The summed E-state index contributed by atoms with van der Waals surface area (Å²) in [6, 6.07) is 4.59. The van der Waals surface area contributed by atoms with Gasteiger partial charge in [-0.25, -0.2) is 0 Å². The number of amides is 1. The Bertz CT molecular complexity index is 331. The van der Waals surface area contributed by atoms with Gasteiger partial charge in [-0.05, 0) is 37.8 Å². The fourth-order valence-electron chi connectivity index (χ4n) is 2.06. The van der Waals surface area contributed by atoms with Gasteiger partial charge in [0.25, 0.3) is 0 Å². The highest BCUT2D eigenvalue weighted by Gasteiger charge is 2.18. The van der Waals surface area contributed by atoms with Crippen molar-refractivity contribution in [3.8, 4) is 0 Å². The molecule has 1 aliphatic heterocycles. The molecule has 2 heterocycles. The molecule has 0 spiro atoms. The molecule has 1 aromatic heterocycles. The minimum atomic E-state index is 0.133. The van der Waals surface area contributed by atoms with Gasteiger partial charge in [0.2, 0.25) is 5.91 Å². The smallest absolute Gasteiger partial charge is 0.222 e. The first-order chi connectivity index (χ1) is 7.75. The highest BCUT2D eigenvalue weighted by Crippen LogP contribution is 2.18. The SMILES string of the molecule is CC(NC(=O)CC1CCCN1)c1cccs1. The first kappa shape index (κ1) is 11.6. The van der Waals surface area contributed by atoms with Crippen LogP contribution >= 0.6 is 11.3 Å². The Hall–Kier alpha value is -0.870. The van der Waals surface area contributed by atoms with Crippen molar-refractivity contribution in [1.82, 2.24) is 10.6 Å². The molecule has 1 aromatic rings. The van der Waals surface area contributed by atoms with Crippen LogP contribution in [-0.4, -0.2) is 18.5 Å². The maximum Gasteiger partial charge on any atom is 0.222 e. The van der Waals surface area contributed by atoms with E-state index in [1.807, 2.05) is 18.4 Å². The molecule has 1 fully saturated rings. The van der Waals surface area contributed by atoms with Crippen molar-refractivity contribution in [3.63, 3.8) is 0 Å². The van der Waals surface area contributed by atoms with E-state index in [1.165, 1.54) is 11.3 Å². The van der Waals surface area contributed by atoms with Gasteiger partial charge >= 0.3 is 0 Å². The molecule has 0 aliphatic carbocycles. The summed E-state index contributed by atoms with van der Waals surface area (Å²) in [5.41, 5.74) is 0. The molecule has 3 nitrogen and oxygen atoms in total. The molecule has 1 aliphatic rings. The van der Waals surface area contributed by atoms with Crippen molar-refractivity contribution >= 4 is 17.2 Å². The van der Waals surface area contributed by atoms with Crippen molar-refractivity contribution < 1.29 is 4.79 Å². The predicted molar refractivity (Wildman–Crippen MR) is 66.5 cm³/mol. The van der Waals surface area contributed by atoms with E-state index in [0.29, 0.717) is 12.5 Å². The van der Waals surface area contributed by atoms with Crippen molar-refractivity contribution in [2.75, 3.05) is 6.54 Å². The molecule has 2 rings (SSSR count). The first-order valence-corrected chi connectivity index (χ1v) is 6.70. The van der Waals surface area contributed by atoms with E-state index in [4.69, 9.17) is 0 Å². The second kappa shape index (κ2) is 5.46. The van der Waals surface area contributed by atoms with E-state index in [2.05, 4.69) is 16.7 Å². The lowest BCUT2D eigenvalue weighted by Gasteiger charge is -2.14. The monoisotopic (exact) mass is 238 g/mol. The van der Waals surface area contributed by atoms with Gasteiger partial charge in [-0.2, -0.15) is 0 Å². The average molecular weight is 238 g/mol. The van der Waals surface area contributed by atoms with E-state index in [-0.39, 0.29) is 11.9 Å². The predicted octanol–water partition coefficient (Wildman–Crippen LogP) is 2.07. The van der Waals surface area contributed by atoms with Crippen LogP contribution in [0.1, 0.15) is 37.1 Å².